The summed E-state index contributed by atoms with van der Waals surface area (Å²) in [6, 6.07) is 34.7. The summed E-state index contributed by atoms with van der Waals surface area (Å²) in [6.07, 6.45) is 0.343. The van der Waals surface area contributed by atoms with Gasteiger partial charge >= 0.3 is 5.63 Å². The van der Waals surface area contributed by atoms with Crippen LogP contribution in [0.15, 0.2) is 112 Å². The lowest BCUT2D eigenvalue weighted by Crippen LogP contribution is -2.28. The number of nitrogens with zero attached hydrogens (tertiary/aromatic N) is 1. The first-order chi connectivity index (χ1) is 16.8. The fraction of sp³-hybridized carbons (Fsp3) is 0.100. The number of aromatic nitrogens is 1. The zero-order chi connectivity index (χ0) is 22.6. The van der Waals surface area contributed by atoms with E-state index in [1.807, 2.05) is 42.5 Å². The van der Waals surface area contributed by atoms with Crippen LogP contribution in [0.3, 0.4) is 0 Å². The van der Waals surface area contributed by atoms with Gasteiger partial charge in [-0.15, -0.1) is 0 Å². The first-order valence-corrected chi connectivity index (χ1v) is 11.5. The maximum atomic E-state index is 13.2. The summed E-state index contributed by atoms with van der Waals surface area (Å²) in [5.41, 5.74) is 4.14. The van der Waals surface area contributed by atoms with E-state index >= 15 is 0 Å². The van der Waals surface area contributed by atoms with Crippen LogP contribution in [0, 0.1) is 0 Å². The van der Waals surface area contributed by atoms with E-state index in [1.165, 1.54) is 10.8 Å². The third-order valence-electron chi connectivity index (χ3n) is 6.95. The Morgan fingerprint density at radius 2 is 1.26 bits per heavy atom. The van der Waals surface area contributed by atoms with Gasteiger partial charge in [-0.05, 0) is 29.8 Å². The Morgan fingerprint density at radius 1 is 0.676 bits per heavy atom. The molecule has 0 fully saturated rings. The fourth-order valence-corrected chi connectivity index (χ4v) is 5.48. The summed E-state index contributed by atoms with van der Waals surface area (Å²) < 4.78 is 14.8. The molecule has 164 valence electrons. The van der Waals surface area contributed by atoms with Crippen LogP contribution in [0.5, 0.6) is 5.75 Å². The molecule has 6 aromatic rings. The molecule has 0 unspecified atom stereocenters. The summed E-state index contributed by atoms with van der Waals surface area (Å²) in [4.78, 5) is 13.2. The van der Waals surface area contributed by atoms with Crippen molar-refractivity contribution < 1.29 is 9.15 Å². The molecule has 0 amide bonds. The van der Waals surface area contributed by atoms with Crippen LogP contribution in [-0.4, -0.2) is 4.57 Å². The molecule has 34 heavy (non-hydrogen) atoms. The lowest BCUT2D eigenvalue weighted by atomic mass is 9.86. The van der Waals surface area contributed by atoms with Gasteiger partial charge in [-0.1, -0.05) is 78.9 Å². The van der Waals surface area contributed by atoms with Crippen molar-refractivity contribution in [2.45, 2.75) is 18.6 Å². The molecule has 0 saturated heterocycles. The Bertz CT molecular complexity index is 1690. The second-order valence-electron chi connectivity index (χ2n) is 8.80. The average molecular weight is 444 g/mol. The lowest BCUT2D eigenvalue weighted by molar-refractivity contribution is 0.108. The highest BCUT2D eigenvalue weighted by Gasteiger charge is 2.36. The SMILES string of the molecule is O=c1oc2ccccc2c2c1[C@H](c1ccccc1)C[C@H](n1c3ccccc3c3ccccc31)O2. The number of benzene rings is 4. The van der Waals surface area contributed by atoms with E-state index in [-0.39, 0.29) is 17.8 Å². The van der Waals surface area contributed by atoms with E-state index in [9.17, 15) is 4.79 Å². The Morgan fingerprint density at radius 3 is 1.97 bits per heavy atom. The van der Waals surface area contributed by atoms with Crippen LogP contribution in [0.1, 0.15) is 29.7 Å². The molecule has 1 aliphatic heterocycles. The van der Waals surface area contributed by atoms with E-state index in [0.717, 1.165) is 22.0 Å². The largest absolute Gasteiger partial charge is 0.469 e. The molecule has 4 nitrogen and oxygen atoms in total. The second-order valence-corrected chi connectivity index (χ2v) is 8.80. The van der Waals surface area contributed by atoms with Crippen LogP contribution < -0.4 is 10.4 Å². The smallest absolute Gasteiger partial charge is 0.343 e. The van der Waals surface area contributed by atoms with Crippen molar-refractivity contribution >= 4 is 32.8 Å². The van der Waals surface area contributed by atoms with Crippen molar-refractivity contribution in [1.29, 1.82) is 0 Å². The van der Waals surface area contributed by atoms with Crippen LogP contribution in [0.25, 0.3) is 32.8 Å². The first-order valence-electron chi connectivity index (χ1n) is 11.5. The minimum Gasteiger partial charge on any atom is -0.469 e. The summed E-state index contributed by atoms with van der Waals surface area (Å²) in [5, 5.41) is 3.21. The molecule has 4 aromatic carbocycles. The van der Waals surface area contributed by atoms with Crippen LogP contribution >= 0.6 is 0 Å². The Labute approximate surface area is 195 Å². The van der Waals surface area contributed by atoms with E-state index in [2.05, 4.69) is 65.2 Å². The van der Waals surface area contributed by atoms with E-state index in [0.29, 0.717) is 23.3 Å². The Kier molecular flexibility index (Phi) is 4.15. The molecule has 2 aromatic heterocycles. The third kappa shape index (κ3) is 2.75. The summed E-state index contributed by atoms with van der Waals surface area (Å²) in [7, 11) is 0. The van der Waals surface area contributed by atoms with Gasteiger partial charge in [0.25, 0.3) is 0 Å². The van der Waals surface area contributed by atoms with E-state index in [1.54, 1.807) is 0 Å². The fourth-order valence-electron chi connectivity index (χ4n) is 5.48. The highest BCUT2D eigenvalue weighted by atomic mass is 16.5. The standard InChI is InChI=1S/C30H21NO3/c32-30-28-23(19-10-2-1-3-11-19)18-27(34-29(28)22-14-6-9-17-26(22)33-30)31-24-15-7-4-12-20(24)21-13-5-8-16-25(21)31/h1-17,23,27H,18H2/t23-,27+/m0/s1. The van der Waals surface area contributed by atoms with Crippen molar-refractivity contribution in [2.75, 3.05) is 0 Å². The maximum absolute atomic E-state index is 13.2. The number of hydrogen-bond acceptors (Lipinski definition) is 3. The van der Waals surface area contributed by atoms with Gasteiger partial charge in [-0.25, -0.2) is 4.79 Å². The van der Waals surface area contributed by atoms with Gasteiger partial charge in [0.05, 0.1) is 22.0 Å². The minimum atomic E-state index is -0.330. The molecule has 0 spiro atoms. The zero-order valence-electron chi connectivity index (χ0n) is 18.3. The number of fused-ring (bicyclic) bond motifs is 6. The predicted octanol–water partition coefficient (Wildman–Crippen LogP) is 7.01. The molecule has 7 rings (SSSR count). The van der Waals surface area contributed by atoms with Crippen molar-refractivity contribution in [3.63, 3.8) is 0 Å². The van der Waals surface area contributed by atoms with Gasteiger partial charge < -0.3 is 13.7 Å². The molecule has 1 aliphatic rings. The molecule has 0 saturated carbocycles. The highest BCUT2D eigenvalue weighted by molar-refractivity contribution is 6.08. The lowest BCUT2D eigenvalue weighted by Gasteiger charge is -2.33. The van der Waals surface area contributed by atoms with Crippen LogP contribution in [0.2, 0.25) is 0 Å². The van der Waals surface area contributed by atoms with E-state index in [4.69, 9.17) is 9.15 Å². The third-order valence-corrected chi connectivity index (χ3v) is 6.95. The summed E-state index contributed by atoms with van der Waals surface area (Å²) >= 11 is 0. The average Bonchev–Trinajstić information content (AvgIpc) is 3.23. The van der Waals surface area contributed by atoms with Crippen molar-refractivity contribution in [3.8, 4) is 5.75 Å². The molecule has 4 heteroatoms. The first kappa shape index (κ1) is 19.2. The monoisotopic (exact) mass is 443 g/mol. The van der Waals surface area contributed by atoms with Gasteiger partial charge in [0.1, 0.15) is 11.3 Å². The summed E-state index contributed by atoms with van der Waals surface area (Å²) in [6.45, 7) is 0. The Hall–Kier alpha value is -4.31. The molecular weight excluding hydrogens is 422 g/mol. The topological polar surface area (TPSA) is 44.4 Å². The summed E-state index contributed by atoms with van der Waals surface area (Å²) in [5.74, 6) is 0.481. The highest BCUT2D eigenvalue weighted by Crippen LogP contribution is 2.47. The number of hydrogen-bond donors (Lipinski definition) is 0. The normalized spacial score (nSPS) is 17.6. The predicted molar refractivity (Wildman–Crippen MR) is 134 cm³/mol. The van der Waals surface area contributed by atoms with Gasteiger partial charge in [-0.2, -0.15) is 0 Å². The quantitative estimate of drug-likeness (QED) is 0.270. The van der Waals surface area contributed by atoms with Crippen LogP contribution in [0.4, 0.5) is 0 Å². The molecule has 2 atom stereocenters. The molecular formula is C30H21NO3. The van der Waals surface area contributed by atoms with E-state index < -0.39 is 0 Å². The van der Waals surface area contributed by atoms with Crippen LogP contribution in [-0.2, 0) is 0 Å². The molecule has 3 heterocycles. The zero-order valence-corrected chi connectivity index (χ0v) is 18.3. The molecule has 0 bridgehead atoms. The minimum absolute atomic E-state index is 0.143. The molecule has 0 radical (unpaired) electrons. The Balaban J connectivity index is 1.53. The number of para-hydroxylation sites is 3. The molecule has 0 aliphatic carbocycles. The molecule has 0 N–H and O–H groups in total. The van der Waals surface area contributed by atoms with Crippen molar-refractivity contribution in [1.82, 2.24) is 4.57 Å². The van der Waals surface area contributed by atoms with Gasteiger partial charge in [-0.3, -0.25) is 0 Å². The number of rotatable bonds is 2. The second kappa shape index (κ2) is 7.35. The number of ether oxygens (including phenoxy) is 1. The van der Waals surface area contributed by atoms with Crippen molar-refractivity contribution in [3.05, 3.63) is 125 Å². The van der Waals surface area contributed by atoms with Gasteiger partial charge in [0.15, 0.2) is 6.23 Å². The van der Waals surface area contributed by atoms with Gasteiger partial charge in [0, 0.05) is 23.1 Å². The van der Waals surface area contributed by atoms with Gasteiger partial charge in [0.2, 0.25) is 0 Å². The van der Waals surface area contributed by atoms with Crippen molar-refractivity contribution in [2.24, 2.45) is 0 Å². The maximum Gasteiger partial charge on any atom is 0.343 e.